The normalized spacial score (nSPS) is 25.9. The number of rotatable bonds is 3. The van der Waals surface area contributed by atoms with Gasteiger partial charge in [0.1, 0.15) is 5.82 Å². The number of nitrogens with zero attached hydrogens (tertiary/aromatic N) is 3. The highest BCUT2D eigenvalue weighted by Crippen LogP contribution is 2.40. The molecule has 1 aliphatic carbocycles. The van der Waals surface area contributed by atoms with Gasteiger partial charge in [0.05, 0.1) is 17.5 Å². The molecule has 6 heteroatoms. The molecule has 2 atom stereocenters. The quantitative estimate of drug-likeness (QED) is 0.898. The van der Waals surface area contributed by atoms with E-state index in [4.69, 9.17) is 16.6 Å². The van der Waals surface area contributed by atoms with Gasteiger partial charge < -0.3 is 5.11 Å². The Morgan fingerprint density at radius 2 is 2.04 bits per heavy atom. The molecule has 1 N–H and O–H groups in total. The molecule has 5 nitrogen and oxygen atoms in total. The van der Waals surface area contributed by atoms with Crippen molar-refractivity contribution in [2.75, 3.05) is 13.1 Å². The molecule has 3 heterocycles. The van der Waals surface area contributed by atoms with E-state index in [2.05, 4.69) is 4.90 Å². The molecule has 138 valence electrons. The lowest BCUT2D eigenvalue weighted by Crippen LogP contribution is -2.50. The maximum absolute atomic E-state index is 13.1. The van der Waals surface area contributed by atoms with E-state index in [1.54, 1.807) is 12.1 Å². The van der Waals surface area contributed by atoms with E-state index in [1.807, 2.05) is 4.57 Å². The van der Waals surface area contributed by atoms with Crippen LogP contribution in [0.3, 0.4) is 0 Å². The van der Waals surface area contributed by atoms with Gasteiger partial charge in [-0.25, -0.2) is 4.98 Å². The Hall–Kier alpha value is -1.43. The van der Waals surface area contributed by atoms with Crippen molar-refractivity contribution in [2.45, 2.75) is 57.2 Å². The van der Waals surface area contributed by atoms with E-state index in [0.29, 0.717) is 33.4 Å². The molecule has 1 aromatic carbocycles. The molecule has 3 aliphatic rings. The van der Waals surface area contributed by atoms with Crippen LogP contribution in [0.2, 0.25) is 5.02 Å². The molecule has 2 fully saturated rings. The SMILES string of the molecule is O=c1c2cc(Cl)c(CO)cc2nc2n1CC[C@@H]1[C@@H]2CCCN1CC1CC1. The number of halogens is 1. The zero-order valence-corrected chi connectivity index (χ0v) is 15.6. The van der Waals surface area contributed by atoms with Gasteiger partial charge >= 0.3 is 0 Å². The van der Waals surface area contributed by atoms with E-state index in [-0.39, 0.29) is 12.2 Å². The summed E-state index contributed by atoms with van der Waals surface area (Å²) in [5.74, 6) is 2.16. The maximum atomic E-state index is 13.1. The number of fused-ring (bicyclic) bond motifs is 4. The highest BCUT2D eigenvalue weighted by molar-refractivity contribution is 6.32. The Morgan fingerprint density at radius 3 is 2.81 bits per heavy atom. The minimum absolute atomic E-state index is 0.00848. The van der Waals surface area contributed by atoms with Crippen LogP contribution in [0.1, 0.15) is 49.4 Å². The van der Waals surface area contributed by atoms with E-state index in [1.165, 1.54) is 32.4 Å². The molecule has 2 aromatic rings. The van der Waals surface area contributed by atoms with Gasteiger partial charge in [0.15, 0.2) is 0 Å². The van der Waals surface area contributed by atoms with Crippen molar-refractivity contribution in [2.24, 2.45) is 5.92 Å². The molecule has 5 rings (SSSR count). The van der Waals surface area contributed by atoms with Crippen LogP contribution in [-0.2, 0) is 13.2 Å². The van der Waals surface area contributed by atoms with Gasteiger partial charge in [-0.05, 0) is 62.3 Å². The lowest BCUT2D eigenvalue weighted by molar-refractivity contribution is 0.0912. The van der Waals surface area contributed by atoms with Gasteiger partial charge in [-0.3, -0.25) is 14.3 Å². The summed E-state index contributed by atoms with van der Waals surface area (Å²) < 4.78 is 1.87. The van der Waals surface area contributed by atoms with Gasteiger partial charge in [0, 0.05) is 30.1 Å². The predicted octanol–water partition coefficient (Wildman–Crippen LogP) is 2.90. The van der Waals surface area contributed by atoms with Crippen molar-refractivity contribution < 1.29 is 5.11 Å². The van der Waals surface area contributed by atoms with Crippen LogP contribution in [0.15, 0.2) is 16.9 Å². The molecule has 2 aliphatic heterocycles. The second-order valence-corrected chi connectivity index (χ2v) is 8.50. The third-order valence-electron chi connectivity index (χ3n) is 6.39. The Bertz CT molecular complexity index is 921. The van der Waals surface area contributed by atoms with Gasteiger partial charge in [0.25, 0.3) is 5.56 Å². The molecule has 26 heavy (non-hydrogen) atoms. The third kappa shape index (κ3) is 2.68. The zero-order valence-electron chi connectivity index (χ0n) is 14.8. The van der Waals surface area contributed by atoms with Crippen molar-refractivity contribution >= 4 is 22.5 Å². The van der Waals surface area contributed by atoms with Crippen LogP contribution < -0.4 is 5.56 Å². The number of hydrogen-bond acceptors (Lipinski definition) is 4. The number of likely N-dealkylation sites (tertiary alicyclic amines) is 1. The number of hydrogen-bond donors (Lipinski definition) is 1. The highest BCUT2D eigenvalue weighted by atomic mass is 35.5. The average molecular weight is 374 g/mol. The summed E-state index contributed by atoms with van der Waals surface area (Å²) in [6.45, 7) is 2.98. The van der Waals surface area contributed by atoms with E-state index in [9.17, 15) is 9.90 Å². The second-order valence-electron chi connectivity index (χ2n) is 8.09. The summed E-state index contributed by atoms with van der Waals surface area (Å²) in [6.07, 6.45) is 6.05. The third-order valence-corrected chi connectivity index (χ3v) is 6.74. The molecule has 0 unspecified atom stereocenters. The van der Waals surface area contributed by atoms with Crippen LogP contribution in [0.5, 0.6) is 0 Å². The van der Waals surface area contributed by atoms with E-state index in [0.717, 1.165) is 31.1 Å². The van der Waals surface area contributed by atoms with Crippen LogP contribution in [0.25, 0.3) is 10.9 Å². The second kappa shape index (κ2) is 6.32. The molecule has 1 saturated carbocycles. The average Bonchev–Trinajstić information content (AvgIpc) is 3.46. The molecule has 1 aromatic heterocycles. The number of aliphatic hydroxyl groups excluding tert-OH is 1. The Balaban J connectivity index is 1.60. The highest BCUT2D eigenvalue weighted by Gasteiger charge is 2.40. The van der Waals surface area contributed by atoms with E-state index >= 15 is 0 Å². The lowest BCUT2D eigenvalue weighted by Gasteiger charge is -2.44. The first-order chi connectivity index (χ1) is 12.7. The van der Waals surface area contributed by atoms with E-state index < -0.39 is 0 Å². The Morgan fingerprint density at radius 1 is 1.19 bits per heavy atom. The van der Waals surface area contributed by atoms with Gasteiger partial charge in [-0.1, -0.05) is 11.6 Å². The van der Waals surface area contributed by atoms with Crippen LogP contribution >= 0.6 is 11.6 Å². The minimum Gasteiger partial charge on any atom is -0.392 e. The summed E-state index contributed by atoms with van der Waals surface area (Å²) in [7, 11) is 0. The van der Waals surface area contributed by atoms with Crippen molar-refractivity contribution in [3.05, 3.63) is 38.9 Å². The van der Waals surface area contributed by atoms with Crippen LogP contribution in [0, 0.1) is 5.92 Å². The number of aliphatic hydroxyl groups is 1. The van der Waals surface area contributed by atoms with Crippen molar-refractivity contribution in [3.63, 3.8) is 0 Å². The molecular weight excluding hydrogens is 350 g/mol. The fourth-order valence-corrected chi connectivity index (χ4v) is 5.08. The van der Waals surface area contributed by atoms with Gasteiger partial charge in [-0.15, -0.1) is 0 Å². The number of aromatic nitrogens is 2. The molecule has 1 saturated heterocycles. The van der Waals surface area contributed by atoms with Crippen LogP contribution in [-0.4, -0.2) is 38.7 Å². The molecule has 0 radical (unpaired) electrons. The van der Waals surface area contributed by atoms with Gasteiger partial charge in [-0.2, -0.15) is 0 Å². The standard InChI is InChI=1S/C20H24ClN3O2/c21-16-9-15-17(8-13(16)11-25)22-19-14-2-1-6-23(10-12-3-4-12)18(14)5-7-24(19)20(15)26/h8-9,12,14,18,25H,1-7,10-11H2/t14-,18+/m0/s1. The minimum atomic E-state index is -0.143. The maximum Gasteiger partial charge on any atom is 0.261 e. The molecule has 0 bridgehead atoms. The first-order valence-corrected chi connectivity index (χ1v) is 10.1. The van der Waals surface area contributed by atoms with Gasteiger partial charge in [0.2, 0.25) is 0 Å². The Kier molecular flexibility index (Phi) is 4.07. The molecular formula is C20H24ClN3O2. The summed E-state index contributed by atoms with van der Waals surface area (Å²) in [5.41, 5.74) is 1.30. The van der Waals surface area contributed by atoms with Crippen molar-refractivity contribution in [3.8, 4) is 0 Å². The smallest absolute Gasteiger partial charge is 0.261 e. The number of benzene rings is 1. The summed E-state index contributed by atoms with van der Waals surface area (Å²) in [6, 6.07) is 3.95. The van der Waals surface area contributed by atoms with Crippen molar-refractivity contribution in [1.82, 2.24) is 14.5 Å². The summed E-state index contributed by atoms with van der Waals surface area (Å²) in [4.78, 5) is 20.6. The first kappa shape index (κ1) is 16.7. The van der Waals surface area contributed by atoms with Crippen molar-refractivity contribution in [1.29, 1.82) is 0 Å². The molecule has 0 spiro atoms. The first-order valence-electron chi connectivity index (χ1n) is 9.73. The van der Waals surface area contributed by atoms with Crippen LogP contribution in [0.4, 0.5) is 0 Å². The largest absolute Gasteiger partial charge is 0.392 e. The Labute approximate surface area is 157 Å². The summed E-state index contributed by atoms with van der Waals surface area (Å²) in [5, 5.41) is 10.5. The molecule has 0 amide bonds. The topological polar surface area (TPSA) is 58.4 Å². The zero-order chi connectivity index (χ0) is 17.8. The lowest BCUT2D eigenvalue weighted by atomic mass is 9.83. The fourth-order valence-electron chi connectivity index (χ4n) is 4.85. The summed E-state index contributed by atoms with van der Waals surface area (Å²) >= 11 is 6.20. The predicted molar refractivity (Wildman–Crippen MR) is 102 cm³/mol. The number of piperidine rings is 1. The monoisotopic (exact) mass is 373 g/mol. The fraction of sp³-hybridized carbons (Fsp3) is 0.600.